The second-order valence-electron chi connectivity index (χ2n) is 1.60. The first-order valence-electron chi connectivity index (χ1n) is 2.76. The van der Waals surface area contributed by atoms with E-state index in [0.717, 1.165) is 4.47 Å². The third kappa shape index (κ3) is 1.63. The number of hydrogen-bond acceptors (Lipinski definition) is 2. The second-order valence-corrected chi connectivity index (χ2v) is 2.46. The minimum absolute atomic E-state index is 0.354. The van der Waals surface area contributed by atoms with Gasteiger partial charge in [-0.05, 0) is 27.9 Å². The Hall–Kier alpha value is -0.720. The largest absolute Gasteiger partial charge is 0.455 e. The van der Waals surface area contributed by atoms with E-state index >= 15 is 0 Å². The van der Waals surface area contributed by atoms with Crippen molar-refractivity contribution in [2.24, 2.45) is 5.73 Å². The van der Waals surface area contributed by atoms with E-state index in [-0.39, 0.29) is 0 Å². The lowest BCUT2D eigenvalue weighted by molar-refractivity contribution is 0.553. The van der Waals surface area contributed by atoms with Gasteiger partial charge in [-0.25, -0.2) is 0 Å². The summed E-state index contributed by atoms with van der Waals surface area (Å²) in [5.74, 6) is 6.08. The standard InChI is InChI=1S/C7H6BrNO/c8-6-3-5-10-7(6)2-1-4-9/h3,5H,4,9H2. The van der Waals surface area contributed by atoms with E-state index < -0.39 is 0 Å². The first kappa shape index (κ1) is 7.39. The monoisotopic (exact) mass is 199 g/mol. The highest BCUT2D eigenvalue weighted by atomic mass is 79.9. The first-order valence-corrected chi connectivity index (χ1v) is 3.56. The molecule has 0 aliphatic carbocycles. The fourth-order valence-electron chi connectivity index (χ4n) is 0.514. The Morgan fingerprint density at radius 1 is 1.70 bits per heavy atom. The molecule has 3 heteroatoms. The van der Waals surface area contributed by atoms with Crippen LogP contribution in [0, 0.1) is 11.8 Å². The van der Waals surface area contributed by atoms with E-state index in [2.05, 4.69) is 27.8 Å². The van der Waals surface area contributed by atoms with Gasteiger partial charge in [-0.1, -0.05) is 5.92 Å². The molecule has 10 heavy (non-hydrogen) atoms. The predicted molar refractivity (Wildman–Crippen MR) is 42.3 cm³/mol. The maximum atomic E-state index is 5.16. The predicted octanol–water partition coefficient (Wildman–Crippen LogP) is 1.35. The molecule has 0 saturated heterocycles. The van der Waals surface area contributed by atoms with Gasteiger partial charge in [-0.3, -0.25) is 0 Å². The Morgan fingerprint density at radius 2 is 2.50 bits per heavy atom. The van der Waals surface area contributed by atoms with Gasteiger partial charge >= 0.3 is 0 Å². The molecule has 1 heterocycles. The molecule has 2 nitrogen and oxygen atoms in total. The molecule has 1 aromatic rings. The average Bonchev–Trinajstić information content (AvgIpc) is 2.31. The van der Waals surface area contributed by atoms with Gasteiger partial charge in [-0.15, -0.1) is 0 Å². The third-order valence-electron chi connectivity index (χ3n) is 0.921. The summed E-state index contributed by atoms with van der Waals surface area (Å²) in [4.78, 5) is 0. The van der Waals surface area contributed by atoms with Gasteiger partial charge < -0.3 is 10.2 Å². The van der Waals surface area contributed by atoms with Crippen LogP contribution in [0.1, 0.15) is 5.76 Å². The van der Waals surface area contributed by atoms with Crippen LogP contribution in [0.4, 0.5) is 0 Å². The summed E-state index contributed by atoms with van der Waals surface area (Å²) in [6, 6.07) is 1.79. The third-order valence-corrected chi connectivity index (χ3v) is 1.55. The minimum Gasteiger partial charge on any atom is -0.455 e. The summed E-state index contributed by atoms with van der Waals surface area (Å²) in [7, 11) is 0. The zero-order valence-electron chi connectivity index (χ0n) is 5.23. The fourth-order valence-corrected chi connectivity index (χ4v) is 0.815. The van der Waals surface area contributed by atoms with Gasteiger partial charge in [0.15, 0.2) is 5.76 Å². The van der Waals surface area contributed by atoms with Crippen molar-refractivity contribution in [3.05, 3.63) is 22.6 Å². The number of furan rings is 1. The zero-order valence-corrected chi connectivity index (χ0v) is 6.81. The molecule has 0 atom stereocenters. The van der Waals surface area contributed by atoms with Crippen molar-refractivity contribution in [1.29, 1.82) is 0 Å². The number of nitrogens with two attached hydrogens (primary N) is 1. The molecule has 0 amide bonds. The normalized spacial score (nSPS) is 8.60. The number of halogens is 1. The molecule has 0 unspecified atom stereocenters. The molecule has 0 saturated carbocycles. The first-order chi connectivity index (χ1) is 4.84. The van der Waals surface area contributed by atoms with E-state index in [1.807, 2.05) is 0 Å². The molecular weight excluding hydrogens is 194 g/mol. The van der Waals surface area contributed by atoms with Crippen molar-refractivity contribution in [1.82, 2.24) is 0 Å². The molecule has 0 spiro atoms. The Labute approximate surface area is 67.5 Å². The van der Waals surface area contributed by atoms with Crippen molar-refractivity contribution < 1.29 is 4.42 Å². The van der Waals surface area contributed by atoms with Crippen LogP contribution < -0.4 is 5.73 Å². The smallest absolute Gasteiger partial charge is 0.190 e. The molecule has 0 aromatic carbocycles. The molecule has 1 rings (SSSR count). The highest BCUT2D eigenvalue weighted by Crippen LogP contribution is 2.15. The highest BCUT2D eigenvalue weighted by Gasteiger charge is 1.96. The maximum Gasteiger partial charge on any atom is 0.190 e. The molecule has 0 radical (unpaired) electrons. The SMILES string of the molecule is NCC#Cc1occc1Br. The average molecular weight is 200 g/mol. The molecule has 2 N–H and O–H groups in total. The molecule has 1 aromatic heterocycles. The quantitative estimate of drug-likeness (QED) is 0.642. The van der Waals surface area contributed by atoms with Crippen molar-refractivity contribution in [3.63, 3.8) is 0 Å². The van der Waals surface area contributed by atoms with Crippen LogP contribution in [0.3, 0.4) is 0 Å². The Balaban J connectivity index is 2.84. The molecule has 0 aliphatic rings. The van der Waals surface area contributed by atoms with Crippen molar-refractivity contribution in [2.75, 3.05) is 6.54 Å². The number of hydrogen-bond donors (Lipinski definition) is 1. The van der Waals surface area contributed by atoms with E-state index in [9.17, 15) is 0 Å². The summed E-state index contributed by atoms with van der Waals surface area (Å²) in [6.07, 6.45) is 1.57. The topological polar surface area (TPSA) is 39.2 Å². The van der Waals surface area contributed by atoms with Gasteiger partial charge in [0.2, 0.25) is 0 Å². The van der Waals surface area contributed by atoms with Gasteiger partial charge in [-0.2, -0.15) is 0 Å². The molecule has 52 valence electrons. The minimum atomic E-state index is 0.354. The molecule has 0 fully saturated rings. The van der Waals surface area contributed by atoms with Crippen LogP contribution in [0.2, 0.25) is 0 Å². The zero-order chi connectivity index (χ0) is 7.40. The summed E-state index contributed by atoms with van der Waals surface area (Å²) >= 11 is 3.26. The van der Waals surface area contributed by atoms with Crippen molar-refractivity contribution >= 4 is 15.9 Å². The van der Waals surface area contributed by atoms with Gasteiger partial charge in [0, 0.05) is 0 Å². The van der Waals surface area contributed by atoms with Gasteiger partial charge in [0.25, 0.3) is 0 Å². The van der Waals surface area contributed by atoms with Crippen molar-refractivity contribution in [3.8, 4) is 11.8 Å². The van der Waals surface area contributed by atoms with Crippen LogP contribution in [0.15, 0.2) is 21.2 Å². The van der Waals surface area contributed by atoms with Gasteiger partial charge in [0.05, 0.1) is 17.3 Å². The van der Waals surface area contributed by atoms with E-state index in [4.69, 9.17) is 10.2 Å². The maximum absolute atomic E-state index is 5.16. The van der Waals surface area contributed by atoms with E-state index in [1.54, 1.807) is 12.3 Å². The van der Waals surface area contributed by atoms with Crippen LogP contribution in [0.25, 0.3) is 0 Å². The Bertz CT molecular complexity index is 269. The molecule has 0 aliphatic heterocycles. The van der Waals surface area contributed by atoms with Crippen LogP contribution in [0.5, 0.6) is 0 Å². The molecule has 0 bridgehead atoms. The summed E-state index contributed by atoms with van der Waals surface area (Å²) in [5.41, 5.74) is 5.16. The summed E-state index contributed by atoms with van der Waals surface area (Å²) < 4.78 is 5.86. The lowest BCUT2D eigenvalue weighted by Gasteiger charge is -1.79. The van der Waals surface area contributed by atoms with E-state index in [1.165, 1.54) is 0 Å². The molecular formula is C7H6BrNO. The van der Waals surface area contributed by atoms with Crippen LogP contribution >= 0.6 is 15.9 Å². The summed E-state index contributed by atoms with van der Waals surface area (Å²) in [5, 5.41) is 0. The Morgan fingerprint density at radius 3 is 3.00 bits per heavy atom. The van der Waals surface area contributed by atoms with Gasteiger partial charge in [0.1, 0.15) is 0 Å². The van der Waals surface area contributed by atoms with E-state index in [0.29, 0.717) is 12.3 Å². The summed E-state index contributed by atoms with van der Waals surface area (Å²) in [6.45, 7) is 0.354. The Kier molecular flexibility index (Phi) is 2.55. The second kappa shape index (κ2) is 3.45. The number of rotatable bonds is 0. The van der Waals surface area contributed by atoms with Crippen LogP contribution in [-0.4, -0.2) is 6.54 Å². The lowest BCUT2D eigenvalue weighted by Crippen LogP contribution is -1.92. The van der Waals surface area contributed by atoms with Crippen LogP contribution in [-0.2, 0) is 0 Å². The lowest BCUT2D eigenvalue weighted by atomic mass is 10.4. The highest BCUT2D eigenvalue weighted by molar-refractivity contribution is 9.10. The van der Waals surface area contributed by atoms with Crippen molar-refractivity contribution in [2.45, 2.75) is 0 Å². The fraction of sp³-hybridized carbons (Fsp3) is 0.143.